The van der Waals surface area contributed by atoms with E-state index >= 15 is 0 Å². The monoisotopic (exact) mass is 199 g/mol. The molecule has 0 bridgehead atoms. The first-order chi connectivity index (χ1) is 6.56. The summed E-state index contributed by atoms with van der Waals surface area (Å²) in [5, 5.41) is 8.48. The average Bonchev–Trinajstić information content (AvgIpc) is 2.13. The minimum Gasteiger partial charge on any atom is -0.377 e. The SMILES string of the molecule is CC(C)OCCN(C)CCC(N)C#N. The Kier molecular flexibility index (Phi) is 7.40. The van der Waals surface area contributed by atoms with E-state index in [1.807, 2.05) is 27.0 Å². The molecular weight excluding hydrogens is 178 g/mol. The number of hydrogen-bond acceptors (Lipinski definition) is 4. The summed E-state index contributed by atoms with van der Waals surface area (Å²) in [5.41, 5.74) is 5.48. The van der Waals surface area contributed by atoms with Gasteiger partial charge in [-0.3, -0.25) is 0 Å². The highest BCUT2D eigenvalue weighted by Gasteiger charge is 2.03. The zero-order chi connectivity index (χ0) is 11.0. The Morgan fingerprint density at radius 1 is 1.43 bits per heavy atom. The van der Waals surface area contributed by atoms with Crippen molar-refractivity contribution in [1.82, 2.24) is 4.90 Å². The molecule has 0 aromatic heterocycles. The van der Waals surface area contributed by atoms with Crippen molar-refractivity contribution < 1.29 is 4.74 Å². The molecule has 1 unspecified atom stereocenters. The minimum absolute atomic E-state index is 0.282. The van der Waals surface area contributed by atoms with Gasteiger partial charge >= 0.3 is 0 Å². The van der Waals surface area contributed by atoms with Crippen LogP contribution in [0.5, 0.6) is 0 Å². The molecule has 4 nitrogen and oxygen atoms in total. The number of ether oxygens (including phenoxy) is 1. The van der Waals surface area contributed by atoms with Crippen LogP contribution in [-0.4, -0.2) is 43.8 Å². The van der Waals surface area contributed by atoms with E-state index in [4.69, 9.17) is 15.7 Å². The number of likely N-dealkylation sites (N-methyl/N-ethyl adjacent to an activating group) is 1. The molecule has 0 radical (unpaired) electrons. The van der Waals surface area contributed by atoms with Gasteiger partial charge in [-0.2, -0.15) is 5.26 Å². The zero-order valence-corrected chi connectivity index (χ0v) is 9.36. The summed E-state index contributed by atoms with van der Waals surface area (Å²) in [6.07, 6.45) is 0.999. The highest BCUT2D eigenvalue weighted by molar-refractivity contribution is 4.86. The van der Waals surface area contributed by atoms with Crippen LogP contribution in [0.1, 0.15) is 20.3 Å². The third-order valence-electron chi connectivity index (χ3n) is 1.91. The Labute approximate surface area is 86.6 Å². The molecule has 0 fully saturated rings. The lowest BCUT2D eigenvalue weighted by Gasteiger charge is -2.17. The summed E-state index contributed by atoms with van der Waals surface area (Å²) < 4.78 is 5.41. The molecule has 0 aromatic carbocycles. The van der Waals surface area contributed by atoms with Crippen LogP contribution in [0.25, 0.3) is 0 Å². The van der Waals surface area contributed by atoms with E-state index in [9.17, 15) is 0 Å². The van der Waals surface area contributed by atoms with Gasteiger partial charge in [0.25, 0.3) is 0 Å². The number of hydrogen-bond donors (Lipinski definition) is 1. The van der Waals surface area contributed by atoms with E-state index in [1.165, 1.54) is 0 Å². The molecule has 1 atom stereocenters. The van der Waals surface area contributed by atoms with Crippen molar-refractivity contribution in [2.75, 3.05) is 26.7 Å². The normalized spacial score (nSPS) is 13.2. The van der Waals surface area contributed by atoms with Crippen molar-refractivity contribution in [3.05, 3.63) is 0 Å². The van der Waals surface area contributed by atoms with E-state index < -0.39 is 0 Å². The predicted molar refractivity (Wildman–Crippen MR) is 56.8 cm³/mol. The first kappa shape index (κ1) is 13.4. The summed E-state index contributed by atoms with van der Waals surface area (Å²) in [6, 6.07) is 1.67. The number of rotatable bonds is 7. The Morgan fingerprint density at radius 2 is 2.07 bits per heavy atom. The van der Waals surface area contributed by atoms with Crippen molar-refractivity contribution in [2.24, 2.45) is 5.73 Å². The van der Waals surface area contributed by atoms with Gasteiger partial charge in [-0.15, -0.1) is 0 Å². The maximum atomic E-state index is 8.48. The highest BCUT2D eigenvalue weighted by Crippen LogP contribution is 1.93. The van der Waals surface area contributed by atoms with Gasteiger partial charge in [0.1, 0.15) is 0 Å². The van der Waals surface area contributed by atoms with Crippen molar-refractivity contribution in [1.29, 1.82) is 5.26 Å². The number of nitriles is 1. The van der Waals surface area contributed by atoms with Crippen molar-refractivity contribution in [3.63, 3.8) is 0 Å². The summed E-state index contributed by atoms with van der Waals surface area (Å²) in [4.78, 5) is 2.12. The molecule has 0 spiro atoms. The number of nitrogens with two attached hydrogens (primary N) is 1. The van der Waals surface area contributed by atoms with E-state index in [1.54, 1.807) is 0 Å². The first-order valence-corrected chi connectivity index (χ1v) is 5.01. The summed E-state index contributed by atoms with van der Waals surface area (Å²) >= 11 is 0. The van der Waals surface area contributed by atoms with Crippen LogP contribution in [0, 0.1) is 11.3 Å². The lowest BCUT2D eigenvalue weighted by Crippen LogP contribution is -2.29. The van der Waals surface area contributed by atoms with Crippen molar-refractivity contribution in [2.45, 2.75) is 32.4 Å². The molecule has 0 rings (SSSR count). The molecule has 0 aliphatic rings. The van der Waals surface area contributed by atoms with Gasteiger partial charge in [-0.1, -0.05) is 0 Å². The Bertz CT molecular complexity index is 177. The first-order valence-electron chi connectivity index (χ1n) is 5.01. The maximum Gasteiger partial charge on any atom is 0.0940 e. The average molecular weight is 199 g/mol. The topological polar surface area (TPSA) is 62.3 Å². The molecular formula is C10H21N3O. The van der Waals surface area contributed by atoms with Gasteiger partial charge in [0, 0.05) is 13.1 Å². The lowest BCUT2D eigenvalue weighted by atomic mass is 10.2. The van der Waals surface area contributed by atoms with Crippen LogP contribution in [0.4, 0.5) is 0 Å². The van der Waals surface area contributed by atoms with Gasteiger partial charge in [-0.05, 0) is 27.3 Å². The molecule has 0 aliphatic carbocycles. The smallest absolute Gasteiger partial charge is 0.0940 e. The van der Waals surface area contributed by atoms with Crippen molar-refractivity contribution in [3.8, 4) is 6.07 Å². The lowest BCUT2D eigenvalue weighted by molar-refractivity contribution is 0.0636. The quantitative estimate of drug-likeness (QED) is 0.651. The Morgan fingerprint density at radius 3 is 2.57 bits per heavy atom. The van der Waals surface area contributed by atoms with Crippen LogP contribution >= 0.6 is 0 Å². The zero-order valence-electron chi connectivity index (χ0n) is 9.36. The van der Waals surface area contributed by atoms with Crippen LogP contribution in [-0.2, 0) is 4.74 Å². The fourth-order valence-electron chi connectivity index (χ4n) is 0.980. The molecule has 0 saturated heterocycles. The van der Waals surface area contributed by atoms with E-state index in [2.05, 4.69) is 4.90 Å². The van der Waals surface area contributed by atoms with Gasteiger partial charge in [0.2, 0.25) is 0 Å². The highest BCUT2D eigenvalue weighted by atomic mass is 16.5. The molecule has 4 heteroatoms. The fourth-order valence-corrected chi connectivity index (χ4v) is 0.980. The Hall–Kier alpha value is -0.630. The van der Waals surface area contributed by atoms with Crippen molar-refractivity contribution >= 4 is 0 Å². The molecule has 0 aromatic rings. The minimum atomic E-state index is -0.344. The summed E-state index contributed by atoms with van der Waals surface area (Å²) in [7, 11) is 2.01. The second-order valence-electron chi connectivity index (χ2n) is 3.75. The molecule has 2 N–H and O–H groups in total. The third-order valence-corrected chi connectivity index (χ3v) is 1.91. The van der Waals surface area contributed by atoms with Gasteiger partial charge in [0.15, 0.2) is 0 Å². The summed E-state index contributed by atoms with van der Waals surface area (Å²) in [6.45, 7) is 6.50. The van der Waals surface area contributed by atoms with Gasteiger partial charge in [0.05, 0.1) is 24.8 Å². The molecule has 0 saturated carbocycles. The van der Waals surface area contributed by atoms with E-state index in [0.717, 1.165) is 19.7 Å². The second kappa shape index (κ2) is 7.74. The summed E-state index contributed by atoms with van der Waals surface area (Å²) in [5.74, 6) is 0. The fraction of sp³-hybridized carbons (Fsp3) is 0.900. The van der Waals surface area contributed by atoms with Crippen LogP contribution < -0.4 is 5.73 Å². The number of nitrogens with zero attached hydrogens (tertiary/aromatic N) is 2. The van der Waals surface area contributed by atoms with E-state index in [0.29, 0.717) is 6.42 Å². The third kappa shape index (κ3) is 7.99. The molecule has 0 amide bonds. The largest absolute Gasteiger partial charge is 0.377 e. The van der Waals surface area contributed by atoms with Crippen LogP contribution in [0.15, 0.2) is 0 Å². The molecule has 0 heterocycles. The Balaban J connectivity index is 3.37. The van der Waals surface area contributed by atoms with Gasteiger partial charge < -0.3 is 15.4 Å². The van der Waals surface area contributed by atoms with Crippen LogP contribution in [0.3, 0.4) is 0 Å². The predicted octanol–water partition coefficient (Wildman–Crippen LogP) is 0.584. The molecule has 14 heavy (non-hydrogen) atoms. The maximum absolute atomic E-state index is 8.48. The molecule has 0 aliphatic heterocycles. The van der Waals surface area contributed by atoms with E-state index in [-0.39, 0.29) is 12.1 Å². The standard InChI is InChI=1S/C10H21N3O/c1-9(2)14-7-6-13(3)5-4-10(12)8-11/h9-10H,4-7,12H2,1-3H3. The molecule has 82 valence electrons. The van der Waals surface area contributed by atoms with Gasteiger partial charge in [-0.25, -0.2) is 0 Å². The second-order valence-corrected chi connectivity index (χ2v) is 3.75. The van der Waals surface area contributed by atoms with Crippen LogP contribution in [0.2, 0.25) is 0 Å².